The molecule has 1 fully saturated rings. The highest BCUT2D eigenvalue weighted by atomic mass is 32.2. The smallest absolute Gasteiger partial charge is 0.238 e. The molecule has 152 valence electrons. The quantitative estimate of drug-likeness (QED) is 0.573. The highest BCUT2D eigenvalue weighted by Crippen LogP contribution is 2.36. The van der Waals surface area contributed by atoms with Gasteiger partial charge < -0.3 is 15.5 Å². The Bertz CT molecular complexity index is 829. The third kappa shape index (κ3) is 6.00. The average molecular weight is 412 g/mol. The summed E-state index contributed by atoms with van der Waals surface area (Å²) in [5.74, 6) is -1.31. The van der Waals surface area contributed by atoms with Crippen molar-refractivity contribution in [2.24, 2.45) is 5.92 Å². The molecule has 8 heteroatoms. The number of hydrogen-bond donors (Lipinski definition) is 2. The molecule has 0 aromatic heterocycles. The number of hydrogen-bond acceptors (Lipinski definition) is 6. The molecule has 0 bridgehead atoms. The Balaban J connectivity index is 1.93. The molecule has 2 amide bonds. The number of benzene rings is 1. The van der Waals surface area contributed by atoms with E-state index in [-0.39, 0.29) is 29.5 Å². The Kier molecular flexibility index (Phi) is 8.57. The Hall–Kier alpha value is -2.97. The van der Waals surface area contributed by atoms with Gasteiger partial charge in [-0.3, -0.25) is 9.59 Å². The lowest BCUT2D eigenvalue weighted by Gasteiger charge is -2.23. The number of carbonyl (C=O) groups is 2. The Morgan fingerprint density at radius 2 is 2.24 bits per heavy atom. The van der Waals surface area contributed by atoms with Crippen LogP contribution in [0.2, 0.25) is 0 Å². The molecule has 1 heterocycles. The predicted octanol–water partition coefficient (Wildman–Crippen LogP) is 2.59. The van der Waals surface area contributed by atoms with E-state index in [9.17, 15) is 14.9 Å². The third-order valence-corrected chi connectivity index (χ3v) is 6.20. The van der Waals surface area contributed by atoms with E-state index >= 15 is 0 Å². The van der Waals surface area contributed by atoms with E-state index in [1.807, 2.05) is 43.3 Å². The summed E-state index contributed by atoms with van der Waals surface area (Å²) in [4.78, 5) is 26.5. The lowest BCUT2D eigenvalue weighted by Crippen LogP contribution is -2.38. The molecule has 1 aliphatic rings. The molecule has 1 saturated heterocycles. The average Bonchev–Trinajstić information content (AvgIpc) is 3.04. The first-order chi connectivity index (χ1) is 14.0. The molecule has 2 rings (SSSR count). The molecule has 0 aliphatic carbocycles. The van der Waals surface area contributed by atoms with Crippen LogP contribution < -0.4 is 10.6 Å². The minimum Gasteiger partial charge on any atom is -0.385 e. The maximum absolute atomic E-state index is 12.7. The van der Waals surface area contributed by atoms with Crippen molar-refractivity contribution >= 4 is 35.3 Å². The van der Waals surface area contributed by atoms with Crippen LogP contribution in [0.3, 0.4) is 0 Å². The Morgan fingerprint density at radius 1 is 1.45 bits per heavy atom. The fourth-order valence-electron chi connectivity index (χ4n) is 3.17. The van der Waals surface area contributed by atoms with E-state index in [4.69, 9.17) is 5.26 Å². The molecular formula is C21H25N5O2S. The highest BCUT2D eigenvalue weighted by Gasteiger charge is 2.40. The van der Waals surface area contributed by atoms with Crippen molar-refractivity contribution < 1.29 is 9.59 Å². The largest absolute Gasteiger partial charge is 0.385 e. The lowest BCUT2D eigenvalue weighted by atomic mass is 10.1. The summed E-state index contributed by atoms with van der Waals surface area (Å²) in [6, 6.07) is 11.7. The number of nitriles is 2. The third-order valence-electron chi connectivity index (χ3n) is 4.68. The zero-order valence-corrected chi connectivity index (χ0v) is 17.2. The highest BCUT2D eigenvalue weighted by molar-refractivity contribution is 8.01. The Morgan fingerprint density at radius 3 is 2.90 bits per heavy atom. The van der Waals surface area contributed by atoms with Crippen LogP contribution in [-0.2, 0) is 9.59 Å². The van der Waals surface area contributed by atoms with Gasteiger partial charge in [0.05, 0.1) is 22.8 Å². The monoisotopic (exact) mass is 411 g/mol. The van der Waals surface area contributed by atoms with Gasteiger partial charge in [0.2, 0.25) is 11.8 Å². The lowest BCUT2D eigenvalue weighted by molar-refractivity contribution is -0.131. The van der Waals surface area contributed by atoms with Gasteiger partial charge in [-0.25, -0.2) is 0 Å². The molecule has 0 spiro atoms. The van der Waals surface area contributed by atoms with Crippen molar-refractivity contribution in [2.75, 3.05) is 25.0 Å². The second-order valence-electron chi connectivity index (χ2n) is 6.54. The van der Waals surface area contributed by atoms with Crippen LogP contribution in [0.25, 0.3) is 6.08 Å². The van der Waals surface area contributed by atoms with Crippen molar-refractivity contribution in [3.05, 3.63) is 36.4 Å². The summed E-state index contributed by atoms with van der Waals surface area (Å²) in [5.41, 5.74) is 2.00. The summed E-state index contributed by atoms with van der Waals surface area (Å²) in [7, 11) is 0. The van der Waals surface area contributed by atoms with Crippen LogP contribution in [0, 0.1) is 28.6 Å². The van der Waals surface area contributed by atoms with Crippen molar-refractivity contribution in [3.8, 4) is 12.1 Å². The predicted molar refractivity (Wildman–Crippen MR) is 115 cm³/mol. The molecular weight excluding hydrogens is 386 g/mol. The molecule has 1 aromatic rings. The number of anilines is 1. The number of carbonyl (C=O) groups excluding carboxylic acids is 2. The van der Waals surface area contributed by atoms with Gasteiger partial charge in [-0.2, -0.15) is 10.5 Å². The van der Waals surface area contributed by atoms with Crippen molar-refractivity contribution in [1.29, 1.82) is 10.5 Å². The minimum atomic E-state index is -0.888. The van der Waals surface area contributed by atoms with Crippen LogP contribution in [0.1, 0.15) is 25.3 Å². The normalized spacial score (nSPS) is 19.1. The molecule has 3 unspecified atom stereocenters. The van der Waals surface area contributed by atoms with Gasteiger partial charge in [0, 0.05) is 25.2 Å². The number of nitrogens with zero attached hydrogens (tertiary/aromatic N) is 3. The van der Waals surface area contributed by atoms with Gasteiger partial charge in [-0.1, -0.05) is 24.8 Å². The van der Waals surface area contributed by atoms with Crippen LogP contribution in [0.5, 0.6) is 0 Å². The summed E-state index contributed by atoms with van der Waals surface area (Å²) in [6.07, 6.45) is 2.68. The fourth-order valence-corrected chi connectivity index (χ4v) is 4.76. The summed E-state index contributed by atoms with van der Waals surface area (Å²) in [6.45, 7) is 6.69. The van der Waals surface area contributed by atoms with Gasteiger partial charge >= 0.3 is 0 Å². The van der Waals surface area contributed by atoms with E-state index < -0.39 is 11.8 Å². The molecule has 29 heavy (non-hydrogen) atoms. The van der Waals surface area contributed by atoms with Crippen LogP contribution in [0.15, 0.2) is 30.8 Å². The molecule has 2 N–H and O–H groups in total. The van der Waals surface area contributed by atoms with E-state index in [0.29, 0.717) is 19.5 Å². The fraction of sp³-hybridized carbons (Fsp3) is 0.429. The van der Waals surface area contributed by atoms with Gasteiger partial charge in [0.25, 0.3) is 0 Å². The molecule has 7 nitrogen and oxygen atoms in total. The molecule has 3 atom stereocenters. The van der Waals surface area contributed by atoms with Crippen LogP contribution >= 0.6 is 11.8 Å². The molecule has 0 radical (unpaired) electrons. The second kappa shape index (κ2) is 11.1. The van der Waals surface area contributed by atoms with Crippen molar-refractivity contribution in [1.82, 2.24) is 10.2 Å². The second-order valence-corrected chi connectivity index (χ2v) is 7.93. The van der Waals surface area contributed by atoms with Gasteiger partial charge in [-0.05, 0) is 31.0 Å². The first kappa shape index (κ1) is 22.3. The maximum Gasteiger partial charge on any atom is 0.238 e. The topological polar surface area (TPSA) is 109 Å². The van der Waals surface area contributed by atoms with Crippen LogP contribution in [-0.4, -0.2) is 47.0 Å². The number of thioether (sulfide) groups is 1. The molecule has 1 aliphatic heterocycles. The summed E-state index contributed by atoms with van der Waals surface area (Å²) in [5, 5.41) is 23.2. The summed E-state index contributed by atoms with van der Waals surface area (Å²) >= 11 is 1.50. The SMILES string of the molecule is C=Cc1cccc(NCCC2SC(CC(C#N)C(=O)NCC#N)N(CC)C2=O)c1. The summed E-state index contributed by atoms with van der Waals surface area (Å²) < 4.78 is 0. The van der Waals surface area contributed by atoms with Gasteiger partial charge in [0.15, 0.2) is 0 Å². The standard InChI is InChI=1S/C21H25N5O2S/c1-3-15-6-5-7-17(12-15)24-10-8-18-21(28)26(4-2)19(29-18)13-16(14-23)20(27)25-11-9-22/h3,5-7,12,16,18-19,24H,1,4,8,10-11,13H2,2H3,(H,25,27). The molecule has 0 saturated carbocycles. The van der Waals surface area contributed by atoms with E-state index in [2.05, 4.69) is 17.2 Å². The van der Waals surface area contributed by atoms with Crippen molar-refractivity contribution in [3.63, 3.8) is 0 Å². The number of amides is 2. The van der Waals surface area contributed by atoms with Gasteiger partial charge in [-0.15, -0.1) is 11.8 Å². The maximum atomic E-state index is 12.7. The van der Waals surface area contributed by atoms with E-state index in [1.54, 1.807) is 11.0 Å². The zero-order chi connectivity index (χ0) is 21.2. The Labute approximate surface area is 175 Å². The first-order valence-corrected chi connectivity index (χ1v) is 10.4. The first-order valence-electron chi connectivity index (χ1n) is 9.50. The van der Waals surface area contributed by atoms with Crippen molar-refractivity contribution in [2.45, 2.75) is 30.4 Å². The zero-order valence-electron chi connectivity index (χ0n) is 16.4. The minimum absolute atomic E-state index is 0.0401. The number of rotatable bonds is 10. The van der Waals surface area contributed by atoms with E-state index in [1.165, 1.54) is 11.8 Å². The van der Waals surface area contributed by atoms with Gasteiger partial charge in [0.1, 0.15) is 12.5 Å². The van der Waals surface area contributed by atoms with Crippen LogP contribution in [0.4, 0.5) is 5.69 Å². The number of nitrogens with one attached hydrogen (secondary N) is 2. The molecule has 1 aromatic carbocycles. The van der Waals surface area contributed by atoms with E-state index in [0.717, 1.165) is 11.3 Å².